The van der Waals surface area contributed by atoms with Gasteiger partial charge in [0.05, 0.1) is 10.5 Å². The first-order valence-corrected chi connectivity index (χ1v) is 12.5. The molecule has 0 spiro atoms. The molecule has 0 radical (unpaired) electrons. The summed E-state index contributed by atoms with van der Waals surface area (Å²) in [7, 11) is -0.790. The number of nitrogens with one attached hydrogen (secondary N) is 1. The zero-order valence-electron chi connectivity index (χ0n) is 19.2. The first-order chi connectivity index (χ1) is 16.3. The molecule has 1 N–H and O–H groups in total. The number of hydrogen-bond donors (Lipinski definition) is 1. The smallest absolute Gasteiger partial charge is 0.257 e. The molecular formula is C26H27N3O4S. The molecule has 34 heavy (non-hydrogen) atoms. The second-order valence-corrected chi connectivity index (χ2v) is 10.5. The maximum atomic E-state index is 13.4. The summed E-state index contributed by atoms with van der Waals surface area (Å²) in [5, 5.41) is 2.85. The van der Waals surface area contributed by atoms with Crippen LogP contribution in [0.5, 0.6) is 0 Å². The lowest BCUT2D eigenvalue weighted by atomic mass is 10.0. The summed E-state index contributed by atoms with van der Waals surface area (Å²) in [4.78, 5) is 28.3. The molecular weight excluding hydrogens is 450 g/mol. The Balaban J connectivity index is 1.66. The van der Waals surface area contributed by atoms with Gasteiger partial charge in [-0.1, -0.05) is 42.5 Å². The molecule has 0 atom stereocenters. The Morgan fingerprint density at radius 3 is 2.21 bits per heavy atom. The molecule has 7 nitrogen and oxygen atoms in total. The lowest BCUT2D eigenvalue weighted by Gasteiger charge is -2.22. The van der Waals surface area contributed by atoms with E-state index in [0.29, 0.717) is 22.5 Å². The SMILES string of the molecule is CN(C)S(=O)(=O)c1ccc(N2CCCC2)c(C(=O)Nc2cccc(C(=O)c3ccccc3)c2)c1. The Morgan fingerprint density at radius 2 is 1.53 bits per heavy atom. The first kappa shape index (κ1) is 23.7. The third-order valence-corrected chi connectivity index (χ3v) is 7.67. The van der Waals surface area contributed by atoms with E-state index in [9.17, 15) is 18.0 Å². The Kier molecular flexibility index (Phi) is 6.81. The number of ketones is 1. The predicted molar refractivity (Wildman–Crippen MR) is 133 cm³/mol. The Hall–Kier alpha value is -3.49. The van der Waals surface area contributed by atoms with Crippen molar-refractivity contribution in [3.8, 4) is 0 Å². The van der Waals surface area contributed by atoms with Crippen molar-refractivity contribution in [2.75, 3.05) is 37.4 Å². The minimum Gasteiger partial charge on any atom is -0.371 e. The van der Waals surface area contributed by atoms with Gasteiger partial charge >= 0.3 is 0 Å². The second-order valence-electron chi connectivity index (χ2n) is 8.39. The molecule has 0 bridgehead atoms. The van der Waals surface area contributed by atoms with Crippen LogP contribution in [0.25, 0.3) is 0 Å². The summed E-state index contributed by atoms with van der Waals surface area (Å²) in [5.41, 5.74) is 2.45. The van der Waals surface area contributed by atoms with Gasteiger partial charge in [0.2, 0.25) is 10.0 Å². The molecule has 1 heterocycles. The van der Waals surface area contributed by atoms with Gasteiger partial charge < -0.3 is 10.2 Å². The van der Waals surface area contributed by atoms with Crippen LogP contribution in [0.3, 0.4) is 0 Å². The number of amides is 1. The van der Waals surface area contributed by atoms with E-state index in [2.05, 4.69) is 10.2 Å². The maximum Gasteiger partial charge on any atom is 0.257 e. The predicted octanol–water partition coefficient (Wildman–Crippen LogP) is 4.02. The lowest BCUT2D eigenvalue weighted by Crippen LogP contribution is -2.25. The molecule has 1 fully saturated rings. The third-order valence-electron chi connectivity index (χ3n) is 5.86. The highest BCUT2D eigenvalue weighted by Crippen LogP contribution is 2.29. The monoisotopic (exact) mass is 477 g/mol. The van der Waals surface area contributed by atoms with Crippen molar-refractivity contribution in [1.29, 1.82) is 0 Å². The van der Waals surface area contributed by atoms with Crippen molar-refractivity contribution >= 4 is 33.1 Å². The van der Waals surface area contributed by atoms with Gasteiger partial charge in [0.25, 0.3) is 5.91 Å². The van der Waals surface area contributed by atoms with Crippen LogP contribution in [0.4, 0.5) is 11.4 Å². The number of anilines is 2. The number of rotatable bonds is 7. The van der Waals surface area contributed by atoms with Crippen LogP contribution in [0.1, 0.15) is 39.1 Å². The van der Waals surface area contributed by atoms with E-state index in [1.807, 2.05) is 6.07 Å². The lowest BCUT2D eigenvalue weighted by molar-refractivity contribution is 0.102. The molecule has 0 aromatic heterocycles. The van der Waals surface area contributed by atoms with Gasteiger partial charge in [0.15, 0.2) is 5.78 Å². The van der Waals surface area contributed by atoms with Crippen molar-refractivity contribution < 1.29 is 18.0 Å². The molecule has 0 unspecified atom stereocenters. The number of carbonyl (C=O) groups is 2. The van der Waals surface area contributed by atoms with Crippen LogP contribution in [0.15, 0.2) is 77.7 Å². The quantitative estimate of drug-likeness (QED) is 0.520. The van der Waals surface area contributed by atoms with E-state index in [0.717, 1.165) is 30.2 Å². The molecule has 0 saturated carbocycles. The van der Waals surface area contributed by atoms with E-state index in [1.54, 1.807) is 60.7 Å². The van der Waals surface area contributed by atoms with Crippen LogP contribution in [0.2, 0.25) is 0 Å². The number of carbonyl (C=O) groups excluding carboxylic acids is 2. The minimum atomic E-state index is -3.70. The summed E-state index contributed by atoms with van der Waals surface area (Å²) >= 11 is 0. The molecule has 3 aromatic rings. The summed E-state index contributed by atoms with van der Waals surface area (Å²) in [6, 6.07) is 20.3. The molecule has 176 valence electrons. The zero-order chi connectivity index (χ0) is 24.3. The molecule has 1 aliphatic heterocycles. The fourth-order valence-corrected chi connectivity index (χ4v) is 4.92. The number of nitrogens with zero attached hydrogens (tertiary/aromatic N) is 2. The summed E-state index contributed by atoms with van der Waals surface area (Å²) in [6.07, 6.45) is 2.03. The highest BCUT2D eigenvalue weighted by atomic mass is 32.2. The highest BCUT2D eigenvalue weighted by molar-refractivity contribution is 7.89. The Morgan fingerprint density at radius 1 is 0.853 bits per heavy atom. The Labute approximate surface area is 200 Å². The summed E-state index contributed by atoms with van der Waals surface area (Å²) < 4.78 is 26.5. The third kappa shape index (κ3) is 4.88. The molecule has 1 aliphatic rings. The highest BCUT2D eigenvalue weighted by Gasteiger charge is 2.25. The molecule has 4 rings (SSSR count). The van der Waals surface area contributed by atoms with Gasteiger partial charge in [-0.2, -0.15) is 0 Å². The van der Waals surface area contributed by atoms with Gasteiger partial charge in [0.1, 0.15) is 0 Å². The molecule has 1 amide bonds. The molecule has 3 aromatic carbocycles. The molecule has 8 heteroatoms. The average molecular weight is 478 g/mol. The summed E-state index contributed by atoms with van der Waals surface area (Å²) in [6.45, 7) is 1.61. The van der Waals surface area contributed by atoms with Crippen molar-refractivity contribution in [2.24, 2.45) is 0 Å². The van der Waals surface area contributed by atoms with Crippen LogP contribution < -0.4 is 10.2 Å². The molecule has 1 saturated heterocycles. The fraction of sp³-hybridized carbons (Fsp3) is 0.231. The standard InChI is InChI=1S/C26H27N3O4S/c1-28(2)34(32,33)22-13-14-24(29-15-6-7-16-29)23(18-22)26(31)27-21-12-8-11-20(17-21)25(30)19-9-4-3-5-10-19/h3-5,8-14,17-18H,6-7,15-16H2,1-2H3,(H,27,31). The van der Waals surface area contributed by atoms with Gasteiger partial charge in [-0.05, 0) is 43.2 Å². The number of sulfonamides is 1. The average Bonchev–Trinajstić information content (AvgIpc) is 3.38. The van der Waals surface area contributed by atoms with Crippen LogP contribution in [-0.2, 0) is 10.0 Å². The topological polar surface area (TPSA) is 86.8 Å². The minimum absolute atomic E-state index is 0.0543. The Bertz CT molecular complexity index is 1310. The van der Waals surface area contributed by atoms with Gasteiger partial charge in [0, 0.05) is 49.7 Å². The van der Waals surface area contributed by atoms with Gasteiger partial charge in [-0.25, -0.2) is 12.7 Å². The fourth-order valence-electron chi connectivity index (χ4n) is 3.99. The van der Waals surface area contributed by atoms with Crippen LogP contribution in [0, 0.1) is 0 Å². The van der Waals surface area contributed by atoms with Crippen molar-refractivity contribution in [3.63, 3.8) is 0 Å². The summed E-state index contributed by atoms with van der Waals surface area (Å²) in [5.74, 6) is -0.574. The number of benzene rings is 3. The van der Waals surface area contributed by atoms with E-state index in [1.165, 1.54) is 20.2 Å². The maximum absolute atomic E-state index is 13.4. The van der Waals surface area contributed by atoms with Crippen molar-refractivity contribution in [3.05, 3.63) is 89.5 Å². The van der Waals surface area contributed by atoms with Crippen molar-refractivity contribution in [2.45, 2.75) is 17.7 Å². The first-order valence-electron chi connectivity index (χ1n) is 11.1. The van der Waals surface area contributed by atoms with E-state index >= 15 is 0 Å². The molecule has 0 aliphatic carbocycles. The van der Waals surface area contributed by atoms with Crippen molar-refractivity contribution in [1.82, 2.24) is 4.31 Å². The van der Waals surface area contributed by atoms with E-state index < -0.39 is 15.9 Å². The van der Waals surface area contributed by atoms with E-state index in [4.69, 9.17) is 0 Å². The normalized spacial score (nSPS) is 13.8. The van der Waals surface area contributed by atoms with E-state index in [-0.39, 0.29) is 16.2 Å². The van der Waals surface area contributed by atoms with Crippen LogP contribution >= 0.6 is 0 Å². The largest absolute Gasteiger partial charge is 0.371 e. The number of hydrogen-bond acceptors (Lipinski definition) is 5. The van der Waals surface area contributed by atoms with Gasteiger partial charge in [-0.15, -0.1) is 0 Å². The van der Waals surface area contributed by atoms with Crippen LogP contribution in [-0.4, -0.2) is 51.6 Å². The zero-order valence-corrected chi connectivity index (χ0v) is 20.0. The second kappa shape index (κ2) is 9.79. The van der Waals surface area contributed by atoms with Gasteiger partial charge in [-0.3, -0.25) is 9.59 Å².